The predicted octanol–water partition coefficient (Wildman–Crippen LogP) is -0.367. The van der Waals surface area contributed by atoms with Crippen LogP contribution < -0.4 is 5.32 Å². The third-order valence-electron chi connectivity index (χ3n) is 2.45. The number of piperazine rings is 1. The van der Waals surface area contributed by atoms with E-state index in [1.165, 1.54) is 4.31 Å². The van der Waals surface area contributed by atoms with Gasteiger partial charge >= 0.3 is 0 Å². The molecule has 2 rings (SSSR count). The van der Waals surface area contributed by atoms with Gasteiger partial charge in [0, 0.05) is 13.1 Å². The Morgan fingerprint density at radius 3 is 2.57 bits per heavy atom. The standard InChI is InChI=1S/C7H11BrN2O3S/c8-7(1-2-7)14(12,13)10-4-3-9-6(11)5-10/h1-5H2,(H,9,11). The maximum Gasteiger partial charge on any atom is 0.235 e. The molecule has 0 spiro atoms. The summed E-state index contributed by atoms with van der Waals surface area (Å²) in [6.45, 7) is 0.734. The molecular weight excluding hydrogens is 272 g/mol. The van der Waals surface area contributed by atoms with E-state index >= 15 is 0 Å². The van der Waals surface area contributed by atoms with E-state index < -0.39 is 13.7 Å². The van der Waals surface area contributed by atoms with Crippen LogP contribution in [0.25, 0.3) is 0 Å². The zero-order valence-corrected chi connectivity index (χ0v) is 9.90. The number of rotatable bonds is 2. The van der Waals surface area contributed by atoms with Gasteiger partial charge in [-0.05, 0) is 12.8 Å². The maximum atomic E-state index is 11.9. The highest BCUT2D eigenvalue weighted by Gasteiger charge is 2.55. The lowest BCUT2D eigenvalue weighted by molar-refractivity contribution is -0.122. The number of hydrogen-bond donors (Lipinski definition) is 1. The lowest BCUT2D eigenvalue weighted by Crippen LogP contribution is -2.51. The maximum absolute atomic E-state index is 11.9. The quantitative estimate of drug-likeness (QED) is 0.703. The fourth-order valence-corrected chi connectivity index (χ4v) is 3.92. The summed E-state index contributed by atoms with van der Waals surface area (Å²) in [5.74, 6) is -0.225. The minimum absolute atomic E-state index is 0.0459. The van der Waals surface area contributed by atoms with Crippen LogP contribution in [0.2, 0.25) is 0 Å². The van der Waals surface area contributed by atoms with Crippen molar-refractivity contribution in [3.8, 4) is 0 Å². The van der Waals surface area contributed by atoms with E-state index in [1.54, 1.807) is 0 Å². The van der Waals surface area contributed by atoms with Crippen molar-refractivity contribution >= 4 is 31.9 Å². The van der Waals surface area contributed by atoms with Gasteiger partial charge < -0.3 is 5.32 Å². The van der Waals surface area contributed by atoms with Crippen LogP contribution in [0.5, 0.6) is 0 Å². The molecule has 1 heterocycles. The second-order valence-electron chi connectivity index (χ2n) is 3.57. The van der Waals surface area contributed by atoms with Gasteiger partial charge in [0.2, 0.25) is 15.9 Å². The minimum atomic E-state index is -3.33. The third kappa shape index (κ3) is 1.57. The van der Waals surface area contributed by atoms with Crippen LogP contribution >= 0.6 is 15.9 Å². The molecule has 1 aliphatic carbocycles. The van der Waals surface area contributed by atoms with Crippen molar-refractivity contribution in [3.05, 3.63) is 0 Å². The molecule has 0 aromatic heterocycles. The molecule has 80 valence electrons. The fraction of sp³-hybridized carbons (Fsp3) is 0.857. The van der Waals surface area contributed by atoms with Crippen LogP contribution in [-0.4, -0.2) is 41.9 Å². The van der Waals surface area contributed by atoms with Gasteiger partial charge in [0.15, 0.2) is 0 Å². The Hall–Kier alpha value is -0.140. The number of carbonyl (C=O) groups excluding carboxylic acids is 1. The normalized spacial score (nSPS) is 27.1. The van der Waals surface area contributed by atoms with E-state index in [-0.39, 0.29) is 12.5 Å². The molecule has 0 aromatic rings. The minimum Gasteiger partial charge on any atom is -0.354 e. The van der Waals surface area contributed by atoms with Crippen LogP contribution in [0.4, 0.5) is 0 Å². The first-order valence-corrected chi connectivity index (χ1v) is 6.64. The molecule has 2 fully saturated rings. The van der Waals surface area contributed by atoms with E-state index in [0.717, 1.165) is 0 Å². The summed E-state index contributed by atoms with van der Waals surface area (Å²) in [4.78, 5) is 11.0. The van der Waals surface area contributed by atoms with E-state index in [9.17, 15) is 13.2 Å². The van der Waals surface area contributed by atoms with Crippen LogP contribution in [-0.2, 0) is 14.8 Å². The summed E-state index contributed by atoms with van der Waals surface area (Å²) in [6, 6.07) is 0. The number of sulfonamides is 1. The Bertz CT molecular complexity index is 363. The molecule has 1 saturated carbocycles. The van der Waals surface area contributed by atoms with E-state index in [1.807, 2.05) is 0 Å². The van der Waals surface area contributed by atoms with Crippen molar-refractivity contribution in [1.29, 1.82) is 0 Å². The molecular formula is C7H11BrN2O3S. The number of halogens is 1. The average molecular weight is 283 g/mol. The van der Waals surface area contributed by atoms with Crippen LogP contribution in [0.3, 0.4) is 0 Å². The van der Waals surface area contributed by atoms with Crippen LogP contribution in [0.1, 0.15) is 12.8 Å². The molecule has 1 amide bonds. The number of carbonyl (C=O) groups is 1. The highest BCUT2D eigenvalue weighted by atomic mass is 79.9. The molecule has 0 bridgehead atoms. The van der Waals surface area contributed by atoms with Crippen LogP contribution in [0.15, 0.2) is 0 Å². The van der Waals surface area contributed by atoms with Gasteiger partial charge in [0.25, 0.3) is 0 Å². The molecule has 1 N–H and O–H groups in total. The first-order valence-electron chi connectivity index (χ1n) is 4.41. The van der Waals surface area contributed by atoms with Gasteiger partial charge in [0.05, 0.1) is 6.54 Å². The molecule has 0 atom stereocenters. The number of alkyl halides is 1. The van der Waals surface area contributed by atoms with E-state index in [2.05, 4.69) is 21.2 Å². The first-order chi connectivity index (χ1) is 6.46. The first kappa shape index (κ1) is 10.4. The van der Waals surface area contributed by atoms with E-state index in [0.29, 0.717) is 25.9 Å². The summed E-state index contributed by atoms with van der Waals surface area (Å²) < 4.78 is 24.3. The smallest absolute Gasteiger partial charge is 0.235 e. The Balaban J connectivity index is 2.18. The van der Waals surface area contributed by atoms with Gasteiger partial charge in [-0.3, -0.25) is 4.79 Å². The molecule has 0 unspecified atom stereocenters. The highest BCUT2D eigenvalue weighted by Crippen LogP contribution is 2.50. The Morgan fingerprint density at radius 2 is 2.07 bits per heavy atom. The zero-order valence-electron chi connectivity index (χ0n) is 7.49. The SMILES string of the molecule is O=C1CN(S(=O)(=O)C2(Br)CC2)CCN1. The predicted molar refractivity (Wildman–Crippen MR) is 54.4 cm³/mol. The summed E-state index contributed by atoms with van der Waals surface area (Å²) in [6.07, 6.45) is 1.26. The van der Waals surface area contributed by atoms with Crippen molar-refractivity contribution < 1.29 is 13.2 Å². The molecule has 1 saturated heterocycles. The van der Waals surface area contributed by atoms with Gasteiger partial charge in [-0.2, -0.15) is 4.31 Å². The lowest BCUT2D eigenvalue weighted by Gasteiger charge is -2.27. The summed E-state index contributed by atoms with van der Waals surface area (Å²) in [7, 11) is -3.33. The Morgan fingerprint density at radius 1 is 1.43 bits per heavy atom. The summed E-state index contributed by atoms with van der Waals surface area (Å²) in [5, 5.41) is 2.60. The molecule has 0 radical (unpaired) electrons. The monoisotopic (exact) mass is 282 g/mol. The number of amides is 1. The topological polar surface area (TPSA) is 66.5 Å². The highest BCUT2D eigenvalue weighted by molar-refractivity contribution is 9.11. The van der Waals surface area contributed by atoms with Crippen molar-refractivity contribution in [2.24, 2.45) is 0 Å². The molecule has 7 heteroatoms. The van der Waals surface area contributed by atoms with Crippen molar-refractivity contribution in [2.75, 3.05) is 19.6 Å². The van der Waals surface area contributed by atoms with Gasteiger partial charge in [0.1, 0.15) is 3.66 Å². The van der Waals surface area contributed by atoms with Crippen LogP contribution in [0, 0.1) is 0 Å². The number of hydrogen-bond acceptors (Lipinski definition) is 3. The summed E-state index contributed by atoms with van der Waals surface area (Å²) in [5.41, 5.74) is 0. The summed E-state index contributed by atoms with van der Waals surface area (Å²) >= 11 is 3.21. The molecule has 0 aromatic carbocycles. The average Bonchev–Trinajstić information content (AvgIpc) is 2.85. The van der Waals surface area contributed by atoms with Crippen molar-refractivity contribution in [1.82, 2.24) is 9.62 Å². The Labute approximate surface area is 91.0 Å². The molecule has 5 nitrogen and oxygen atoms in total. The van der Waals surface area contributed by atoms with Crippen molar-refractivity contribution in [3.63, 3.8) is 0 Å². The van der Waals surface area contributed by atoms with Crippen molar-refractivity contribution in [2.45, 2.75) is 16.5 Å². The second-order valence-corrected chi connectivity index (χ2v) is 7.86. The van der Waals surface area contributed by atoms with Gasteiger partial charge in [-0.15, -0.1) is 0 Å². The fourth-order valence-electron chi connectivity index (χ4n) is 1.41. The molecule has 14 heavy (non-hydrogen) atoms. The Kier molecular flexibility index (Phi) is 2.36. The zero-order chi connectivity index (χ0) is 10.4. The van der Waals surface area contributed by atoms with E-state index in [4.69, 9.17) is 0 Å². The second kappa shape index (κ2) is 3.18. The third-order valence-corrected chi connectivity index (χ3v) is 6.79. The largest absolute Gasteiger partial charge is 0.354 e. The van der Waals surface area contributed by atoms with Gasteiger partial charge in [-0.1, -0.05) is 15.9 Å². The number of nitrogens with zero attached hydrogens (tertiary/aromatic N) is 1. The molecule has 2 aliphatic rings. The lowest BCUT2D eigenvalue weighted by atomic mass is 10.4. The molecule has 1 aliphatic heterocycles. The number of nitrogens with one attached hydrogen (secondary N) is 1. The van der Waals surface area contributed by atoms with Gasteiger partial charge in [-0.25, -0.2) is 8.42 Å².